The Labute approximate surface area is 88.6 Å². The van der Waals surface area contributed by atoms with Crippen LogP contribution in [0, 0.1) is 5.92 Å². The van der Waals surface area contributed by atoms with Gasteiger partial charge in [-0.3, -0.25) is 4.79 Å². The van der Waals surface area contributed by atoms with Gasteiger partial charge in [-0.25, -0.2) is 0 Å². The smallest absolute Gasteiger partial charge is 0.192 e. The summed E-state index contributed by atoms with van der Waals surface area (Å²) in [6.45, 7) is 0. The third-order valence-electron chi connectivity index (χ3n) is 2.47. The van der Waals surface area contributed by atoms with Crippen LogP contribution in [0.25, 0.3) is 0 Å². The van der Waals surface area contributed by atoms with Gasteiger partial charge in [-0.15, -0.1) is 0 Å². The van der Waals surface area contributed by atoms with Gasteiger partial charge in [0.05, 0.1) is 0 Å². The summed E-state index contributed by atoms with van der Waals surface area (Å²) in [7, 11) is 0. The number of Topliss-reactive ketones (excluding diaryl/α,β-unsaturated/α-hetero) is 1. The lowest BCUT2D eigenvalue weighted by Crippen LogP contribution is -2.26. The number of aliphatic hydroxyl groups excluding tert-OH is 1. The van der Waals surface area contributed by atoms with Crippen LogP contribution in [-0.2, 0) is 0 Å². The Morgan fingerprint density at radius 2 is 1.73 bits per heavy atom. The summed E-state index contributed by atoms with van der Waals surface area (Å²) >= 11 is 0. The number of aliphatic hydroxyl groups is 1. The highest BCUT2D eigenvalue weighted by atomic mass is 16.3. The maximum atomic E-state index is 11.8. The molecule has 0 amide bonds. The van der Waals surface area contributed by atoms with Crippen molar-refractivity contribution in [3.8, 4) is 0 Å². The highest BCUT2D eigenvalue weighted by Crippen LogP contribution is 2.17. The number of hydrogen-bond donors (Lipinski definition) is 1. The molecule has 0 radical (unpaired) electrons. The van der Waals surface area contributed by atoms with Crippen molar-refractivity contribution in [2.24, 2.45) is 5.92 Å². The molecule has 1 aliphatic carbocycles. The highest BCUT2D eigenvalue weighted by Gasteiger charge is 2.23. The third kappa shape index (κ3) is 2.05. The van der Waals surface area contributed by atoms with Crippen molar-refractivity contribution in [3.05, 3.63) is 60.2 Å². The lowest BCUT2D eigenvalue weighted by atomic mass is 9.96. The number of allylic oxidation sites excluding steroid dienone is 2. The quantitative estimate of drug-likeness (QED) is 0.757. The fourth-order valence-corrected chi connectivity index (χ4v) is 1.61. The van der Waals surface area contributed by atoms with E-state index in [9.17, 15) is 9.90 Å². The Kier molecular flexibility index (Phi) is 2.79. The van der Waals surface area contributed by atoms with Crippen LogP contribution in [-0.4, -0.2) is 17.0 Å². The maximum Gasteiger partial charge on any atom is 0.192 e. The van der Waals surface area contributed by atoms with Gasteiger partial charge in [0.15, 0.2) is 5.78 Å². The van der Waals surface area contributed by atoms with E-state index in [1.54, 1.807) is 24.3 Å². The number of carbonyl (C=O) groups excluding carboxylic acids is 1. The maximum absolute atomic E-state index is 11.8. The molecule has 76 valence electrons. The van der Waals surface area contributed by atoms with Crippen molar-refractivity contribution in [1.29, 1.82) is 0 Å². The lowest BCUT2D eigenvalue weighted by molar-refractivity contribution is 0.0700. The molecule has 2 rings (SSSR count). The summed E-state index contributed by atoms with van der Waals surface area (Å²) in [5.41, 5.74) is 0.554. The zero-order valence-electron chi connectivity index (χ0n) is 8.21. The van der Waals surface area contributed by atoms with Crippen molar-refractivity contribution < 1.29 is 9.90 Å². The van der Waals surface area contributed by atoms with Gasteiger partial charge >= 0.3 is 0 Å². The predicted octanol–water partition coefficient (Wildman–Crippen LogP) is 1.97. The fourth-order valence-electron chi connectivity index (χ4n) is 1.61. The van der Waals surface area contributed by atoms with E-state index in [4.69, 9.17) is 0 Å². The lowest BCUT2D eigenvalue weighted by Gasteiger charge is -2.13. The summed E-state index contributed by atoms with van der Waals surface area (Å²) in [6, 6.07) is 8.86. The minimum Gasteiger partial charge on any atom is -0.384 e. The molecule has 0 fully saturated rings. The van der Waals surface area contributed by atoms with Crippen molar-refractivity contribution in [2.75, 3.05) is 0 Å². The molecular formula is C13H12O2. The molecule has 1 unspecified atom stereocenters. The van der Waals surface area contributed by atoms with E-state index < -0.39 is 6.10 Å². The summed E-state index contributed by atoms with van der Waals surface area (Å²) in [5, 5.41) is 9.82. The Hall–Kier alpha value is -1.67. The second kappa shape index (κ2) is 4.24. The minimum absolute atomic E-state index is 0.183. The Morgan fingerprint density at radius 1 is 1.13 bits per heavy atom. The van der Waals surface area contributed by atoms with Crippen LogP contribution in [0.1, 0.15) is 10.4 Å². The molecule has 1 aromatic carbocycles. The van der Waals surface area contributed by atoms with Gasteiger partial charge in [-0.1, -0.05) is 54.6 Å². The van der Waals surface area contributed by atoms with Crippen LogP contribution in [0.4, 0.5) is 0 Å². The Bertz CT molecular complexity index is 392. The molecule has 1 aromatic rings. The van der Waals surface area contributed by atoms with E-state index in [-0.39, 0.29) is 11.7 Å². The first kappa shape index (κ1) is 9.87. The van der Waals surface area contributed by atoms with Crippen LogP contribution in [0.3, 0.4) is 0 Å². The van der Waals surface area contributed by atoms with E-state index in [1.807, 2.05) is 30.4 Å². The molecule has 15 heavy (non-hydrogen) atoms. The standard InChI is InChI=1S/C13H12O2/c14-12(10-6-2-1-3-7-10)13(15)11-8-4-5-9-11/h1-9,11,13,15H. The summed E-state index contributed by atoms with van der Waals surface area (Å²) in [4.78, 5) is 11.8. The van der Waals surface area contributed by atoms with Gasteiger partial charge in [0.1, 0.15) is 6.10 Å². The first-order valence-electron chi connectivity index (χ1n) is 4.91. The van der Waals surface area contributed by atoms with Crippen molar-refractivity contribution in [1.82, 2.24) is 0 Å². The monoisotopic (exact) mass is 200 g/mol. The SMILES string of the molecule is O=C(c1ccccc1)C(O)C1C=CC=C1. The number of carbonyl (C=O) groups is 1. The van der Waals surface area contributed by atoms with Crippen molar-refractivity contribution in [3.63, 3.8) is 0 Å². The van der Waals surface area contributed by atoms with Crippen LogP contribution in [0.15, 0.2) is 54.6 Å². The van der Waals surface area contributed by atoms with Gasteiger partial charge in [0, 0.05) is 11.5 Å². The van der Waals surface area contributed by atoms with E-state index in [0.29, 0.717) is 5.56 Å². The van der Waals surface area contributed by atoms with Gasteiger partial charge in [-0.2, -0.15) is 0 Å². The summed E-state index contributed by atoms with van der Waals surface area (Å²) in [5.74, 6) is -0.408. The normalized spacial score (nSPS) is 16.9. The number of benzene rings is 1. The van der Waals surface area contributed by atoms with E-state index in [2.05, 4.69) is 0 Å². The third-order valence-corrected chi connectivity index (χ3v) is 2.47. The molecule has 0 saturated heterocycles. The molecular weight excluding hydrogens is 188 g/mol. The van der Waals surface area contributed by atoms with E-state index >= 15 is 0 Å². The average Bonchev–Trinajstić information content (AvgIpc) is 2.82. The topological polar surface area (TPSA) is 37.3 Å². The summed E-state index contributed by atoms with van der Waals surface area (Å²) < 4.78 is 0. The van der Waals surface area contributed by atoms with Crippen LogP contribution >= 0.6 is 0 Å². The molecule has 0 spiro atoms. The van der Waals surface area contributed by atoms with Gasteiger partial charge in [-0.05, 0) is 0 Å². The Balaban J connectivity index is 2.15. The molecule has 1 N–H and O–H groups in total. The molecule has 0 heterocycles. The van der Waals surface area contributed by atoms with Crippen LogP contribution < -0.4 is 0 Å². The van der Waals surface area contributed by atoms with E-state index in [1.165, 1.54) is 0 Å². The molecule has 0 saturated carbocycles. The first-order valence-corrected chi connectivity index (χ1v) is 4.91. The number of rotatable bonds is 3. The molecule has 0 aromatic heterocycles. The first-order chi connectivity index (χ1) is 7.29. The van der Waals surface area contributed by atoms with Gasteiger partial charge < -0.3 is 5.11 Å². The van der Waals surface area contributed by atoms with Crippen molar-refractivity contribution in [2.45, 2.75) is 6.10 Å². The zero-order valence-corrected chi connectivity index (χ0v) is 8.21. The van der Waals surface area contributed by atoms with Crippen molar-refractivity contribution >= 4 is 5.78 Å². The summed E-state index contributed by atoms with van der Waals surface area (Å²) in [6.07, 6.45) is 6.36. The second-order valence-corrected chi connectivity index (χ2v) is 3.52. The fraction of sp³-hybridized carbons (Fsp3) is 0.154. The molecule has 0 bridgehead atoms. The second-order valence-electron chi connectivity index (χ2n) is 3.52. The minimum atomic E-state index is -0.970. The van der Waals surface area contributed by atoms with Crippen LogP contribution in [0.2, 0.25) is 0 Å². The largest absolute Gasteiger partial charge is 0.384 e. The highest BCUT2D eigenvalue weighted by molar-refractivity contribution is 5.99. The number of hydrogen-bond acceptors (Lipinski definition) is 2. The molecule has 2 heteroatoms. The van der Waals surface area contributed by atoms with Gasteiger partial charge in [0.2, 0.25) is 0 Å². The molecule has 1 aliphatic rings. The Morgan fingerprint density at radius 3 is 2.33 bits per heavy atom. The molecule has 2 nitrogen and oxygen atoms in total. The zero-order chi connectivity index (χ0) is 10.7. The predicted molar refractivity (Wildman–Crippen MR) is 58.5 cm³/mol. The average molecular weight is 200 g/mol. The number of ketones is 1. The van der Waals surface area contributed by atoms with Gasteiger partial charge in [0.25, 0.3) is 0 Å². The molecule has 0 aliphatic heterocycles. The van der Waals surface area contributed by atoms with Crippen LogP contribution in [0.5, 0.6) is 0 Å². The molecule has 1 atom stereocenters. The van der Waals surface area contributed by atoms with E-state index in [0.717, 1.165) is 0 Å².